The standard InChI is InChI=1S/C20H21N3O2/c1-3-15-9-10-17(25-15)16-11-18(24)21-20-19(16)13(2)23(22-20)12-14-7-5-4-6-8-14/h4-10,16H,3,11-12H2,1-2H3,(H,21,22,24)/t16-/m1/s1. The number of nitrogens with zero attached hydrogens (tertiary/aromatic N) is 2. The molecule has 0 bridgehead atoms. The molecule has 0 fully saturated rings. The number of rotatable bonds is 4. The van der Waals surface area contributed by atoms with Crippen molar-refractivity contribution >= 4 is 11.7 Å². The molecule has 1 N–H and O–H groups in total. The van der Waals surface area contributed by atoms with E-state index in [-0.39, 0.29) is 11.8 Å². The average Bonchev–Trinajstić information content (AvgIpc) is 3.21. The van der Waals surface area contributed by atoms with E-state index in [9.17, 15) is 4.79 Å². The van der Waals surface area contributed by atoms with Crippen molar-refractivity contribution in [1.29, 1.82) is 0 Å². The first kappa shape index (κ1) is 15.7. The van der Waals surface area contributed by atoms with Crippen LogP contribution in [0.25, 0.3) is 0 Å². The van der Waals surface area contributed by atoms with Crippen molar-refractivity contribution in [2.24, 2.45) is 0 Å². The Morgan fingerprint density at radius 1 is 1.24 bits per heavy atom. The lowest BCUT2D eigenvalue weighted by Gasteiger charge is -2.20. The summed E-state index contributed by atoms with van der Waals surface area (Å²) in [6, 6.07) is 14.2. The Morgan fingerprint density at radius 2 is 2.04 bits per heavy atom. The summed E-state index contributed by atoms with van der Waals surface area (Å²) in [5, 5.41) is 7.56. The molecule has 1 aliphatic heterocycles. The molecule has 25 heavy (non-hydrogen) atoms. The van der Waals surface area contributed by atoms with E-state index in [2.05, 4.69) is 36.4 Å². The van der Waals surface area contributed by atoms with Gasteiger partial charge >= 0.3 is 0 Å². The second kappa shape index (κ2) is 6.24. The summed E-state index contributed by atoms with van der Waals surface area (Å²) in [4.78, 5) is 12.2. The van der Waals surface area contributed by atoms with E-state index in [1.165, 1.54) is 5.56 Å². The second-order valence-electron chi connectivity index (χ2n) is 6.45. The summed E-state index contributed by atoms with van der Waals surface area (Å²) in [6.45, 7) is 4.80. The van der Waals surface area contributed by atoms with Crippen LogP contribution < -0.4 is 5.32 Å². The summed E-state index contributed by atoms with van der Waals surface area (Å²) < 4.78 is 7.90. The molecule has 2 aromatic heterocycles. The van der Waals surface area contributed by atoms with Gasteiger partial charge in [0.05, 0.1) is 12.5 Å². The molecule has 0 aliphatic carbocycles. The number of hydrogen-bond donors (Lipinski definition) is 1. The summed E-state index contributed by atoms with van der Waals surface area (Å²) in [6.07, 6.45) is 1.24. The number of fused-ring (bicyclic) bond motifs is 1. The maximum atomic E-state index is 12.2. The lowest BCUT2D eigenvalue weighted by molar-refractivity contribution is -0.116. The van der Waals surface area contributed by atoms with E-state index < -0.39 is 0 Å². The van der Waals surface area contributed by atoms with Gasteiger partial charge in [-0.2, -0.15) is 5.10 Å². The van der Waals surface area contributed by atoms with Crippen LogP contribution in [-0.4, -0.2) is 15.7 Å². The number of aryl methyl sites for hydroxylation is 1. The fourth-order valence-corrected chi connectivity index (χ4v) is 3.46. The third-order valence-electron chi connectivity index (χ3n) is 4.80. The number of hydrogen-bond acceptors (Lipinski definition) is 3. The van der Waals surface area contributed by atoms with Gasteiger partial charge in [0, 0.05) is 24.1 Å². The number of nitrogens with one attached hydrogen (secondary N) is 1. The fraction of sp³-hybridized carbons (Fsp3) is 0.300. The molecular formula is C20H21N3O2. The van der Waals surface area contributed by atoms with Gasteiger partial charge in [-0.05, 0) is 24.6 Å². The molecule has 4 rings (SSSR count). The largest absolute Gasteiger partial charge is 0.465 e. The molecule has 0 radical (unpaired) electrons. The molecule has 0 saturated heterocycles. The summed E-state index contributed by atoms with van der Waals surface area (Å²) in [5.41, 5.74) is 3.31. The normalized spacial score (nSPS) is 16.6. The number of amides is 1. The van der Waals surface area contributed by atoms with Crippen molar-refractivity contribution in [3.63, 3.8) is 0 Å². The van der Waals surface area contributed by atoms with Crippen LogP contribution in [0, 0.1) is 6.92 Å². The maximum Gasteiger partial charge on any atom is 0.226 e. The minimum Gasteiger partial charge on any atom is -0.465 e. The molecular weight excluding hydrogens is 314 g/mol. The maximum absolute atomic E-state index is 12.2. The SMILES string of the molecule is CCc1ccc([C@H]2CC(=O)Nc3nn(Cc4ccccc4)c(C)c32)o1. The molecule has 3 aromatic rings. The Hall–Kier alpha value is -2.82. The van der Waals surface area contributed by atoms with Gasteiger partial charge in [0.2, 0.25) is 5.91 Å². The molecule has 1 atom stereocenters. The van der Waals surface area contributed by atoms with E-state index in [1.807, 2.05) is 35.0 Å². The van der Waals surface area contributed by atoms with Crippen LogP contribution in [0.15, 0.2) is 46.9 Å². The number of aromatic nitrogens is 2. The molecule has 1 aromatic carbocycles. The predicted octanol–water partition coefficient (Wildman–Crippen LogP) is 3.87. The third-order valence-corrected chi connectivity index (χ3v) is 4.80. The van der Waals surface area contributed by atoms with Crippen molar-refractivity contribution in [1.82, 2.24) is 9.78 Å². The van der Waals surface area contributed by atoms with Crippen LogP contribution in [0.5, 0.6) is 0 Å². The van der Waals surface area contributed by atoms with Crippen molar-refractivity contribution < 1.29 is 9.21 Å². The van der Waals surface area contributed by atoms with Gasteiger partial charge in [0.1, 0.15) is 11.5 Å². The first-order valence-corrected chi connectivity index (χ1v) is 8.65. The van der Waals surface area contributed by atoms with Crippen LogP contribution in [0.3, 0.4) is 0 Å². The average molecular weight is 335 g/mol. The minimum absolute atomic E-state index is 0.0173. The Balaban J connectivity index is 1.73. The first-order chi connectivity index (χ1) is 12.2. The molecule has 1 aliphatic rings. The minimum atomic E-state index is -0.0754. The lowest BCUT2D eigenvalue weighted by atomic mass is 9.90. The van der Waals surface area contributed by atoms with Crippen LogP contribution >= 0.6 is 0 Å². The van der Waals surface area contributed by atoms with E-state index in [1.54, 1.807) is 0 Å². The first-order valence-electron chi connectivity index (χ1n) is 8.65. The van der Waals surface area contributed by atoms with E-state index >= 15 is 0 Å². The number of benzene rings is 1. The Bertz CT molecular complexity index is 908. The van der Waals surface area contributed by atoms with Gasteiger partial charge in [-0.25, -0.2) is 0 Å². The number of carbonyl (C=O) groups is 1. The van der Waals surface area contributed by atoms with Crippen LogP contribution in [0.2, 0.25) is 0 Å². The zero-order valence-corrected chi connectivity index (χ0v) is 14.5. The quantitative estimate of drug-likeness (QED) is 0.787. The van der Waals surface area contributed by atoms with E-state index in [4.69, 9.17) is 4.42 Å². The zero-order chi connectivity index (χ0) is 17.4. The number of anilines is 1. The fourth-order valence-electron chi connectivity index (χ4n) is 3.46. The van der Waals surface area contributed by atoms with Gasteiger partial charge in [0.25, 0.3) is 0 Å². The second-order valence-corrected chi connectivity index (χ2v) is 6.45. The summed E-state index contributed by atoms with van der Waals surface area (Å²) >= 11 is 0. The van der Waals surface area contributed by atoms with Crippen molar-refractivity contribution in [2.75, 3.05) is 5.32 Å². The van der Waals surface area contributed by atoms with Crippen molar-refractivity contribution in [2.45, 2.75) is 39.2 Å². The van der Waals surface area contributed by atoms with Crippen LogP contribution in [0.4, 0.5) is 5.82 Å². The number of carbonyl (C=O) groups excluding carboxylic acids is 1. The predicted molar refractivity (Wildman–Crippen MR) is 95.7 cm³/mol. The molecule has 0 spiro atoms. The van der Waals surface area contributed by atoms with Crippen LogP contribution in [0.1, 0.15) is 47.6 Å². The van der Waals surface area contributed by atoms with E-state index in [0.29, 0.717) is 18.8 Å². The van der Waals surface area contributed by atoms with E-state index in [0.717, 1.165) is 29.2 Å². The summed E-state index contributed by atoms with van der Waals surface area (Å²) in [7, 11) is 0. The molecule has 128 valence electrons. The van der Waals surface area contributed by atoms with Gasteiger partial charge in [-0.1, -0.05) is 37.3 Å². The molecule has 0 unspecified atom stereocenters. The van der Waals surface area contributed by atoms with Gasteiger partial charge in [-0.3, -0.25) is 9.48 Å². The Labute approximate surface area is 146 Å². The highest BCUT2D eigenvalue weighted by Crippen LogP contribution is 2.39. The topological polar surface area (TPSA) is 60.1 Å². The molecule has 0 saturated carbocycles. The molecule has 3 heterocycles. The molecule has 5 nitrogen and oxygen atoms in total. The van der Waals surface area contributed by atoms with Gasteiger partial charge in [-0.15, -0.1) is 0 Å². The highest BCUT2D eigenvalue weighted by Gasteiger charge is 2.33. The highest BCUT2D eigenvalue weighted by molar-refractivity contribution is 5.94. The lowest BCUT2D eigenvalue weighted by Crippen LogP contribution is -2.23. The van der Waals surface area contributed by atoms with Gasteiger partial charge in [0.15, 0.2) is 5.82 Å². The Morgan fingerprint density at radius 3 is 2.76 bits per heavy atom. The third kappa shape index (κ3) is 2.86. The smallest absolute Gasteiger partial charge is 0.226 e. The van der Waals surface area contributed by atoms with Gasteiger partial charge < -0.3 is 9.73 Å². The molecule has 5 heteroatoms. The Kier molecular flexibility index (Phi) is 3.92. The van der Waals surface area contributed by atoms with Crippen molar-refractivity contribution in [3.05, 3.63) is 70.8 Å². The summed E-state index contributed by atoms with van der Waals surface area (Å²) in [5.74, 6) is 2.35. The highest BCUT2D eigenvalue weighted by atomic mass is 16.3. The van der Waals surface area contributed by atoms with Crippen molar-refractivity contribution in [3.8, 4) is 0 Å². The number of furan rings is 1. The van der Waals surface area contributed by atoms with Crippen LogP contribution in [-0.2, 0) is 17.8 Å². The monoisotopic (exact) mass is 335 g/mol. The molecule has 1 amide bonds. The zero-order valence-electron chi connectivity index (χ0n) is 14.5.